The van der Waals surface area contributed by atoms with E-state index in [1.54, 1.807) is 6.92 Å². The molecule has 0 fully saturated rings. The first-order valence-electron chi connectivity index (χ1n) is 4.12. The number of hydrogen-bond acceptors (Lipinski definition) is 4. The number of aryl methyl sites for hydroxylation is 1. The number of phenolic OH excluding ortho intramolecular Hbond substituents is 1. The van der Waals surface area contributed by atoms with Crippen LogP contribution in [0, 0.1) is 6.92 Å². The summed E-state index contributed by atoms with van der Waals surface area (Å²) >= 11 is 0. The van der Waals surface area contributed by atoms with Crippen molar-refractivity contribution in [2.24, 2.45) is 0 Å². The zero-order valence-electron chi connectivity index (χ0n) is 8.27. The molecular weight excluding hydrogens is 200 g/mol. The summed E-state index contributed by atoms with van der Waals surface area (Å²) in [6.45, 7) is 1.62. The Kier molecular flexibility index (Phi) is 2.94. The topological polar surface area (TPSA) is 83.8 Å². The van der Waals surface area contributed by atoms with Crippen molar-refractivity contribution in [3.63, 3.8) is 0 Å². The molecule has 0 aliphatic carbocycles. The van der Waals surface area contributed by atoms with Gasteiger partial charge in [-0.1, -0.05) is 0 Å². The minimum absolute atomic E-state index is 0.137. The number of carboxylic acid groups (broad SMARTS) is 1. The Morgan fingerprint density at radius 1 is 1.33 bits per heavy atom. The van der Waals surface area contributed by atoms with Crippen LogP contribution >= 0.6 is 0 Å². The average molecular weight is 210 g/mol. The summed E-state index contributed by atoms with van der Waals surface area (Å²) in [5.41, 5.74) is 0.349. The first kappa shape index (κ1) is 11.0. The second-order valence-corrected chi connectivity index (χ2v) is 2.97. The third-order valence-corrected chi connectivity index (χ3v) is 1.96. The average Bonchev–Trinajstić information content (AvgIpc) is 2.20. The number of rotatable bonds is 3. The molecule has 0 radical (unpaired) electrons. The Labute approximate surface area is 85.9 Å². The third-order valence-electron chi connectivity index (χ3n) is 1.96. The minimum atomic E-state index is -1.59. The van der Waals surface area contributed by atoms with Crippen LogP contribution in [0.2, 0.25) is 0 Å². The van der Waals surface area contributed by atoms with E-state index in [4.69, 9.17) is 9.84 Å². The summed E-state index contributed by atoms with van der Waals surface area (Å²) < 4.78 is 4.86. The van der Waals surface area contributed by atoms with E-state index in [9.17, 15) is 14.7 Å². The Morgan fingerprint density at radius 2 is 1.93 bits per heavy atom. The van der Waals surface area contributed by atoms with Crippen molar-refractivity contribution in [2.75, 3.05) is 7.11 Å². The van der Waals surface area contributed by atoms with E-state index in [0.717, 1.165) is 6.07 Å². The third kappa shape index (κ3) is 2.07. The summed E-state index contributed by atoms with van der Waals surface area (Å²) in [5, 5.41) is 17.9. The van der Waals surface area contributed by atoms with Crippen molar-refractivity contribution in [3.8, 4) is 11.5 Å². The number of hydrogen-bond donors (Lipinski definition) is 2. The van der Waals surface area contributed by atoms with Crippen molar-refractivity contribution in [3.05, 3.63) is 23.3 Å². The van der Waals surface area contributed by atoms with Crippen molar-refractivity contribution in [1.29, 1.82) is 0 Å². The van der Waals surface area contributed by atoms with Crippen LogP contribution in [-0.4, -0.2) is 29.1 Å². The molecule has 2 N–H and O–H groups in total. The van der Waals surface area contributed by atoms with Gasteiger partial charge in [-0.05, 0) is 24.6 Å². The molecule has 0 saturated carbocycles. The predicted octanol–water partition coefficient (Wildman–Crippen LogP) is 0.977. The number of carbonyl (C=O) groups excluding carboxylic acids is 1. The van der Waals surface area contributed by atoms with Crippen molar-refractivity contribution < 1.29 is 24.5 Å². The van der Waals surface area contributed by atoms with Gasteiger partial charge in [-0.25, -0.2) is 4.79 Å². The van der Waals surface area contributed by atoms with Gasteiger partial charge in [0.2, 0.25) is 0 Å². The molecule has 0 amide bonds. The first-order valence-corrected chi connectivity index (χ1v) is 4.12. The quantitative estimate of drug-likeness (QED) is 0.573. The Balaban J connectivity index is 3.34. The summed E-state index contributed by atoms with van der Waals surface area (Å²) in [6, 6.07) is 2.50. The molecule has 0 aliphatic heterocycles. The minimum Gasteiger partial charge on any atom is -0.508 e. The van der Waals surface area contributed by atoms with Crippen molar-refractivity contribution >= 4 is 11.8 Å². The fraction of sp³-hybridized carbons (Fsp3) is 0.200. The highest BCUT2D eigenvalue weighted by molar-refractivity contribution is 6.40. The molecule has 0 aromatic heterocycles. The van der Waals surface area contributed by atoms with Gasteiger partial charge in [0.1, 0.15) is 11.5 Å². The first-order chi connectivity index (χ1) is 6.97. The van der Waals surface area contributed by atoms with Gasteiger partial charge in [-0.15, -0.1) is 0 Å². The van der Waals surface area contributed by atoms with Gasteiger partial charge >= 0.3 is 5.97 Å². The molecular formula is C10H10O5. The van der Waals surface area contributed by atoms with E-state index in [1.165, 1.54) is 13.2 Å². The summed E-state index contributed by atoms with van der Waals surface area (Å²) in [5.74, 6) is -2.70. The molecule has 0 bridgehead atoms. The van der Waals surface area contributed by atoms with E-state index < -0.39 is 11.8 Å². The molecule has 0 spiro atoms. The highest BCUT2D eigenvalue weighted by Gasteiger charge is 2.20. The highest BCUT2D eigenvalue weighted by atomic mass is 16.5. The molecule has 5 heteroatoms. The van der Waals surface area contributed by atoms with E-state index in [-0.39, 0.29) is 17.1 Å². The summed E-state index contributed by atoms with van der Waals surface area (Å²) in [6.07, 6.45) is 0. The van der Waals surface area contributed by atoms with E-state index in [2.05, 4.69) is 0 Å². The molecule has 80 valence electrons. The fourth-order valence-electron chi connectivity index (χ4n) is 1.13. The number of carboxylic acids is 1. The molecule has 0 saturated heterocycles. The number of aromatic hydroxyl groups is 1. The number of carbonyl (C=O) groups is 2. The van der Waals surface area contributed by atoms with Gasteiger partial charge in [0.15, 0.2) is 0 Å². The smallest absolute Gasteiger partial charge is 0.377 e. The number of Topliss-reactive ketones (excluding diaryl/α,β-unsaturated/α-hetero) is 1. The number of aliphatic carboxylic acids is 1. The summed E-state index contributed by atoms with van der Waals surface area (Å²) in [4.78, 5) is 21.7. The lowest BCUT2D eigenvalue weighted by molar-refractivity contribution is -0.131. The van der Waals surface area contributed by atoms with Gasteiger partial charge in [-0.3, -0.25) is 4.79 Å². The maximum absolute atomic E-state index is 11.2. The van der Waals surface area contributed by atoms with Crippen LogP contribution in [0.3, 0.4) is 0 Å². The van der Waals surface area contributed by atoms with Crippen LogP contribution < -0.4 is 4.74 Å². The molecule has 0 aliphatic rings. The second kappa shape index (κ2) is 4.00. The number of ketones is 1. The Morgan fingerprint density at radius 3 is 2.40 bits per heavy atom. The normalized spacial score (nSPS) is 9.73. The maximum Gasteiger partial charge on any atom is 0.377 e. The van der Waals surface area contributed by atoms with Crippen LogP contribution in [0.25, 0.3) is 0 Å². The lowest BCUT2D eigenvalue weighted by atomic mass is 10.1. The van der Waals surface area contributed by atoms with Gasteiger partial charge in [0, 0.05) is 0 Å². The van der Waals surface area contributed by atoms with Gasteiger partial charge in [0.05, 0.1) is 12.7 Å². The van der Waals surface area contributed by atoms with Crippen molar-refractivity contribution in [2.45, 2.75) is 6.92 Å². The van der Waals surface area contributed by atoms with Crippen LogP contribution in [0.5, 0.6) is 11.5 Å². The molecule has 5 nitrogen and oxygen atoms in total. The summed E-state index contributed by atoms with van der Waals surface area (Å²) in [7, 11) is 1.32. The molecule has 1 aromatic rings. The SMILES string of the molecule is COc1cc(C)c(O)cc1C(=O)C(=O)O. The molecule has 0 unspecified atom stereocenters. The number of phenols is 1. The second-order valence-electron chi connectivity index (χ2n) is 2.97. The van der Waals surface area contributed by atoms with E-state index in [1.807, 2.05) is 0 Å². The predicted molar refractivity (Wildman–Crippen MR) is 51.4 cm³/mol. The van der Waals surface area contributed by atoms with Gasteiger partial charge in [0.25, 0.3) is 5.78 Å². The van der Waals surface area contributed by atoms with Crippen molar-refractivity contribution in [1.82, 2.24) is 0 Å². The van der Waals surface area contributed by atoms with Crippen LogP contribution in [-0.2, 0) is 4.79 Å². The van der Waals surface area contributed by atoms with E-state index in [0.29, 0.717) is 5.56 Å². The Bertz CT molecular complexity index is 422. The molecule has 1 aromatic carbocycles. The largest absolute Gasteiger partial charge is 0.508 e. The van der Waals surface area contributed by atoms with E-state index >= 15 is 0 Å². The molecule has 1 rings (SSSR count). The van der Waals surface area contributed by atoms with Gasteiger partial charge < -0.3 is 14.9 Å². The lowest BCUT2D eigenvalue weighted by Gasteiger charge is -2.08. The molecule has 15 heavy (non-hydrogen) atoms. The molecule has 0 atom stereocenters. The number of ether oxygens (including phenoxy) is 1. The van der Waals surface area contributed by atoms with Crippen LogP contribution in [0.1, 0.15) is 15.9 Å². The number of benzene rings is 1. The highest BCUT2D eigenvalue weighted by Crippen LogP contribution is 2.27. The maximum atomic E-state index is 11.2. The zero-order chi connectivity index (χ0) is 11.6. The lowest BCUT2D eigenvalue weighted by Crippen LogP contribution is -2.13. The van der Waals surface area contributed by atoms with Gasteiger partial charge in [-0.2, -0.15) is 0 Å². The Hall–Kier alpha value is -2.04. The number of methoxy groups -OCH3 is 1. The standard InChI is InChI=1S/C10H10O5/c1-5-3-8(15-2)6(4-7(5)11)9(12)10(13)14/h3-4,11H,1-2H3,(H,13,14). The molecule has 0 heterocycles. The monoisotopic (exact) mass is 210 g/mol. The van der Waals surface area contributed by atoms with Crippen LogP contribution in [0.4, 0.5) is 0 Å². The zero-order valence-corrected chi connectivity index (χ0v) is 8.27. The van der Waals surface area contributed by atoms with Crippen LogP contribution in [0.15, 0.2) is 12.1 Å². The fourth-order valence-corrected chi connectivity index (χ4v) is 1.13.